The fourth-order valence-electron chi connectivity index (χ4n) is 1.76. The minimum Gasteiger partial charge on any atom is -0.377 e. The fourth-order valence-corrected chi connectivity index (χ4v) is 1.99. The fraction of sp³-hybridized carbons (Fsp3) is 0.500. The van der Waals surface area contributed by atoms with Gasteiger partial charge in [-0.05, 0) is 44.7 Å². The maximum absolute atomic E-state index is 13.2. The number of likely N-dealkylation sites (N-methyl/N-ethyl adjacent to an activating group) is 1. The Kier molecular flexibility index (Phi) is 5.19. The Labute approximate surface area is 101 Å². The summed E-state index contributed by atoms with van der Waals surface area (Å²) >= 11 is 6.05. The molecule has 0 saturated heterocycles. The molecule has 90 valence electrons. The minimum atomic E-state index is -0.289. The molecule has 1 aromatic rings. The molecule has 2 atom stereocenters. The summed E-state index contributed by atoms with van der Waals surface area (Å²) in [6.45, 7) is 4.48. The monoisotopic (exact) mass is 245 g/mol. The van der Waals surface area contributed by atoms with Crippen molar-refractivity contribution in [2.75, 3.05) is 13.7 Å². The Morgan fingerprint density at radius 3 is 2.75 bits per heavy atom. The normalized spacial score (nSPS) is 14.8. The number of nitrogens with one attached hydrogen (secondary N) is 1. The summed E-state index contributed by atoms with van der Waals surface area (Å²) < 4.78 is 18.7. The highest BCUT2D eigenvalue weighted by molar-refractivity contribution is 6.31. The molecule has 0 fully saturated rings. The van der Waals surface area contributed by atoms with Gasteiger partial charge in [-0.15, -0.1) is 0 Å². The molecule has 1 rings (SSSR count). The lowest BCUT2D eigenvalue weighted by atomic mass is 10.0. The maximum atomic E-state index is 13.2. The highest BCUT2D eigenvalue weighted by Gasteiger charge is 2.20. The van der Waals surface area contributed by atoms with Crippen molar-refractivity contribution < 1.29 is 9.13 Å². The van der Waals surface area contributed by atoms with Gasteiger partial charge in [0.2, 0.25) is 0 Å². The summed E-state index contributed by atoms with van der Waals surface area (Å²) in [7, 11) is 1.81. The molecule has 2 nitrogen and oxygen atoms in total. The molecule has 1 aromatic carbocycles. The van der Waals surface area contributed by atoms with Gasteiger partial charge in [-0.3, -0.25) is 0 Å². The van der Waals surface area contributed by atoms with Gasteiger partial charge in [0, 0.05) is 11.6 Å². The van der Waals surface area contributed by atoms with Crippen molar-refractivity contribution in [2.45, 2.75) is 26.0 Å². The number of hydrogen-bond acceptors (Lipinski definition) is 2. The van der Waals surface area contributed by atoms with Crippen molar-refractivity contribution in [1.29, 1.82) is 0 Å². The van der Waals surface area contributed by atoms with Crippen molar-refractivity contribution in [1.82, 2.24) is 5.32 Å². The maximum Gasteiger partial charge on any atom is 0.123 e. The first-order valence-electron chi connectivity index (χ1n) is 5.34. The molecule has 0 heterocycles. The van der Waals surface area contributed by atoms with E-state index in [0.29, 0.717) is 11.6 Å². The van der Waals surface area contributed by atoms with Crippen LogP contribution in [0, 0.1) is 5.82 Å². The second-order valence-corrected chi connectivity index (χ2v) is 4.00. The predicted octanol–water partition coefficient (Wildman–Crippen LogP) is 3.16. The van der Waals surface area contributed by atoms with Crippen LogP contribution in [0.2, 0.25) is 5.02 Å². The molecule has 0 aliphatic rings. The Balaban J connectivity index is 2.98. The van der Waals surface area contributed by atoms with E-state index in [9.17, 15) is 4.39 Å². The molecule has 0 aliphatic carbocycles. The minimum absolute atomic E-state index is 0.0608. The third-order valence-electron chi connectivity index (χ3n) is 2.50. The summed E-state index contributed by atoms with van der Waals surface area (Å²) in [5.41, 5.74) is 0.727. The van der Waals surface area contributed by atoms with Crippen LogP contribution in [-0.4, -0.2) is 19.8 Å². The first-order chi connectivity index (χ1) is 7.60. The van der Waals surface area contributed by atoms with Crippen molar-refractivity contribution >= 4 is 11.6 Å². The smallest absolute Gasteiger partial charge is 0.123 e. The van der Waals surface area contributed by atoms with Gasteiger partial charge >= 0.3 is 0 Å². The largest absolute Gasteiger partial charge is 0.377 e. The number of rotatable bonds is 5. The lowest BCUT2D eigenvalue weighted by Crippen LogP contribution is -2.29. The highest BCUT2D eigenvalue weighted by atomic mass is 35.5. The number of halogens is 2. The van der Waals surface area contributed by atoms with E-state index in [2.05, 4.69) is 5.32 Å². The average molecular weight is 246 g/mol. The van der Waals surface area contributed by atoms with Gasteiger partial charge in [0.15, 0.2) is 0 Å². The van der Waals surface area contributed by atoms with Gasteiger partial charge in [0.05, 0.1) is 12.1 Å². The van der Waals surface area contributed by atoms with Crippen LogP contribution in [-0.2, 0) is 4.74 Å². The molecule has 2 unspecified atom stereocenters. The second kappa shape index (κ2) is 6.18. The molecule has 16 heavy (non-hydrogen) atoms. The first-order valence-corrected chi connectivity index (χ1v) is 5.71. The molecule has 0 amide bonds. The van der Waals surface area contributed by atoms with E-state index in [4.69, 9.17) is 16.3 Å². The summed E-state index contributed by atoms with van der Waals surface area (Å²) in [5.74, 6) is -0.289. The number of benzene rings is 1. The van der Waals surface area contributed by atoms with Crippen molar-refractivity contribution in [3.05, 3.63) is 34.6 Å². The molecule has 0 saturated carbocycles. The molecule has 0 bridgehead atoms. The van der Waals surface area contributed by atoms with Gasteiger partial charge in [0.25, 0.3) is 0 Å². The summed E-state index contributed by atoms with van der Waals surface area (Å²) in [4.78, 5) is 0. The van der Waals surface area contributed by atoms with E-state index in [-0.39, 0.29) is 18.0 Å². The zero-order chi connectivity index (χ0) is 12.1. The van der Waals surface area contributed by atoms with Gasteiger partial charge in [-0.2, -0.15) is 0 Å². The average Bonchev–Trinajstić information content (AvgIpc) is 2.24. The van der Waals surface area contributed by atoms with Gasteiger partial charge in [0.1, 0.15) is 5.82 Å². The molecule has 0 aliphatic heterocycles. The lowest BCUT2D eigenvalue weighted by Gasteiger charge is -2.24. The molecule has 4 heteroatoms. The Hall–Kier alpha value is -0.640. The van der Waals surface area contributed by atoms with Crippen LogP contribution in [0.1, 0.15) is 25.5 Å². The molecule has 0 radical (unpaired) electrons. The van der Waals surface area contributed by atoms with Crippen LogP contribution < -0.4 is 5.32 Å². The topological polar surface area (TPSA) is 21.3 Å². The van der Waals surface area contributed by atoms with Crippen LogP contribution in [0.25, 0.3) is 0 Å². The van der Waals surface area contributed by atoms with Gasteiger partial charge in [-0.25, -0.2) is 4.39 Å². The van der Waals surface area contributed by atoms with E-state index >= 15 is 0 Å². The first kappa shape index (κ1) is 13.4. The number of ether oxygens (including phenoxy) is 1. The quantitative estimate of drug-likeness (QED) is 0.861. The SMILES string of the molecule is CCOC(C)C(NC)c1cc(F)ccc1Cl. The summed E-state index contributed by atoms with van der Waals surface area (Å²) in [6, 6.07) is 4.25. The zero-order valence-electron chi connectivity index (χ0n) is 9.76. The summed E-state index contributed by atoms with van der Waals surface area (Å²) in [5, 5.41) is 3.64. The Morgan fingerprint density at radius 1 is 1.50 bits per heavy atom. The molecule has 1 N–H and O–H groups in total. The van der Waals surface area contributed by atoms with Crippen LogP contribution in [0.5, 0.6) is 0 Å². The van der Waals surface area contributed by atoms with Crippen molar-refractivity contribution in [3.8, 4) is 0 Å². The van der Waals surface area contributed by atoms with Gasteiger partial charge in [-0.1, -0.05) is 11.6 Å². The van der Waals surface area contributed by atoms with E-state index in [1.165, 1.54) is 12.1 Å². The highest BCUT2D eigenvalue weighted by Crippen LogP contribution is 2.27. The van der Waals surface area contributed by atoms with E-state index in [1.807, 2.05) is 13.8 Å². The van der Waals surface area contributed by atoms with Crippen LogP contribution in [0.4, 0.5) is 4.39 Å². The number of hydrogen-bond donors (Lipinski definition) is 1. The molecule has 0 spiro atoms. The molecule has 0 aromatic heterocycles. The van der Waals surface area contributed by atoms with Gasteiger partial charge < -0.3 is 10.1 Å². The van der Waals surface area contributed by atoms with Crippen LogP contribution in [0.15, 0.2) is 18.2 Å². The lowest BCUT2D eigenvalue weighted by molar-refractivity contribution is 0.0493. The van der Waals surface area contributed by atoms with Crippen molar-refractivity contribution in [3.63, 3.8) is 0 Å². The third kappa shape index (κ3) is 3.17. The molecular formula is C12H17ClFNO. The predicted molar refractivity (Wildman–Crippen MR) is 64.3 cm³/mol. The third-order valence-corrected chi connectivity index (χ3v) is 2.85. The standard InChI is InChI=1S/C12H17ClFNO/c1-4-16-8(2)12(15-3)10-7-9(14)5-6-11(10)13/h5-8,12,15H,4H2,1-3H3. The van der Waals surface area contributed by atoms with E-state index in [0.717, 1.165) is 5.56 Å². The second-order valence-electron chi connectivity index (χ2n) is 3.59. The Bertz CT molecular complexity index is 346. The molecular weight excluding hydrogens is 229 g/mol. The van der Waals surface area contributed by atoms with Crippen LogP contribution in [0.3, 0.4) is 0 Å². The van der Waals surface area contributed by atoms with Crippen LogP contribution >= 0.6 is 11.6 Å². The Morgan fingerprint density at radius 2 is 2.19 bits per heavy atom. The van der Waals surface area contributed by atoms with E-state index in [1.54, 1.807) is 13.1 Å². The van der Waals surface area contributed by atoms with E-state index < -0.39 is 0 Å². The zero-order valence-corrected chi connectivity index (χ0v) is 10.5. The summed E-state index contributed by atoms with van der Waals surface area (Å²) in [6.07, 6.45) is -0.0608. The van der Waals surface area contributed by atoms with Crippen molar-refractivity contribution in [2.24, 2.45) is 0 Å².